The molecule has 1 aromatic heterocycles. The largest absolute Gasteiger partial charge is 0.467 e. The minimum atomic E-state index is 0.178. The molecule has 3 atom stereocenters. The molecule has 1 aliphatic rings. The highest BCUT2D eigenvalue weighted by Gasteiger charge is 2.29. The first-order valence-corrected chi connectivity index (χ1v) is 6.22. The van der Waals surface area contributed by atoms with Crippen molar-refractivity contribution in [3.63, 3.8) is 0 Å². The van der Waals surface area contributed by atoms with Crippen LogP contribution in [0.2, 0.25) is 0 Å². The number of hydrogen-bond donors (Lipinski definition) is 2. The van der Waals surface area contributed by atoms with E-state index in [4.69, 9.17) is 10.3 Å². The highest BCUT2D eigenvalue weighted by Crippen LogP contribution is 2.37. The zero-order chi connectivity index (χ0) is 11.5. The van der Waals surface area contributed by atoms with Crippen LogP contribution in [0, 0.1) is 18.8 Å². The third-order valence-corrected chi connectivity index (χ3v) is 3.81. The van der Waals surface area contributed by atoms with Crippen LogP contribution < -0.4 is 11.3 Å². The Kier molecular flexibility index (Phi) is 3.66. The van der Waals surface area contributed by atoms with Crippen molar-refractivity contribution in [1.29, 1.82) is 0 Å². The monoisotopic (exact) mass is 222 g/mol. The Morgan fingerprint density at radius 2 is 2.31 bits per heavy atom. The van der Waals surface area contributed by atoms with E-state index in [1.165, 1.54) is 31.2 Å². The molecule has 0 bridgehead atoms. The summed E-state index contributed by atoms with van der Waals surface area (Å²) in [7, 11) is 0. The maximum Gasteiger partial charge on any atom is 0.125 e. The number of aryl methyl sites for hydroxylation is 1. The molecule has 1 aromatic rings. The van der Waals surface area contributed by atoms with Gasteiger partial charge in [0, 0.05) is 0 Å². The van der Waals surface area contributed by atoms with Crippen LogP contribution in [0.3, 0.4) is 0 Å². The molecule has 0 aromatic carbocycles. The van der Waals surface area contributed by atoms with Crippen molar-refractivity contribution in [2.24, 2.45) is 17.7 Å². The standard InChI is InChI=1S/C13H22N2O/c1-9-4-3-5-11(8-9)12(15-14)13-10(2)6-7-16-13/h6-7,9,11-12,15H,3-5,8,14H2,1-2H3. The van der Waals surface area contributed by atoms with Gasteiger partial charge >= 0.3 is 0 Å². The fourth-order valence-corrected chi connectivity index (χ4v) is 2.91. The molecule has 3 heteroatoms. The highest BCUT2D eigenvalue weighted by molar-refractivity contribution is 5.19. The average molecular weight is 222 g/mol. The Bertz CT molecular complexity index is 334. The molecule has 16 heavy (non-hydrogen) atoms. The van der Waals surface area contributed by atoms with Crippen molar-refractivity contribution in [3.05, 3.63) is 23.7 Å². The number of furan rings is 1. The van der Waals surface area contributed by atoms with Crippen molar-refractivity contribution in [2.75, 3.05) is 0 Å². The fraction of sp³-hybridized carbons (Fsp3) is 0.692. The van der Waals surface area contributed by atoms with Crippen LogP contribution in [0.4, 0.5) is 0 Å². The number of hydrazine groups is 1. The number of nitrogens with two attached hydrogens (primary N) is 1. The molecule has 3 N–H and O–H groups in total. The van der Waals surface area contributed by atoms with Crippen molar-refractivity contribution < 1.29 is 4.42 Å². The lowest BCUT2D eigenvalue weighted by Crippen LogP contribution is -2.35. The van der Waals surface area contributed by atoms with E-state index in [1.54, 1.807) is 6.26 Å². The molecule has 0 radical (unpaired) electrons. The maximum atomic E-state index is 5.70. The van der Waals surface area contributed by atoms with Crippen molar-refractivity contribution in [1.82, 2.24) is 5.43 Å². The minimum Gasteiger partial charge on any atom is -0.467 e. The van der Waals surface area contributed by atoms with Gasteiger partial charge in [-0.2, -0.15) is 0 Å². The third-order valence-electron chi connectivity index (χ3n) is 3.81. The molecule has 1 aliphatic carbocycles. The molecule has 1 saturated carbocycles. The van der Waals surface area contributed by atoms with Crippen LogP contribution in [0.15, 0.2) is 16.7 Å². The topological polar surface area (TPSA) is 51.2 Å². The van der Waals surface area contributed by atoms with Crippen LogP contribution in [0.25, 0.3) is 0 Å². The van der Waals surface area contributed by atoms with E-state index in [-0.39, 0.29) is 6.04 Å². The van der Waals surface area contributed by atoms with Crippen molar-refractivity contribution >= 4 is 0 Å². The first kappa shape index (κ1) is 11.7. The summed E-state index contributed by atoms with van der Waals surface area (Å²) in [4.78, 5) is 0. The first-order valence-electron chi connectivity index (χ1n) is 6.22. The zero-order valence-electron chi connectivity index (χ0n) is 10.2. The van der Waals surface area contributed by atoms with Crippen LogP contribution in [0.5, 0.6) is 0 Å². The fourth-order valence-electron chi connectivity index (χ4n) is 2.91. The van der Waals surface area contributed by atoms with Gasteiger partial charge in [0.15, 0.2) is 0 Å². The predicted molar refractivity (Wildman–Crippen MR) is 64.6 cm³/mol. The van der Waals surface area contributed by atoms with Gasteiger partial charge in [-0.25, -0.2) is 5.43 Å². The van der Waals surface area contributed by atoms with E-state index >= 15 is 0 Å². The summed E-state index contributed by atoms with van der Waals surface area (Å²) in [5.74, 6) is 8.13. The zero-order valence-corrected chi connectivity index (χ0v) is 10.2. The molecule has 0 spiro atoms. The number of hydrogen-bond acceptors (Lipinski definition) is 3. The van der Waals surface area contributed by atoms with E-state index < -0.39 is 0 Å². The molecule has 0 saturated heterocycles. The third kappa shape index (κ3) is 2.30. The van der Waals surface area contributed by atoms with E-state index in [0.29, 0.717) is 5.92 Å². The average Bonchev–Trinajstić information content (AvgIpc) is 2.67. The van der Waals surface area contributed by atoms with E-state index in [0.717, 1.165) is 11.7 Å². The second kappa shape index (κ2) is 5.02. The smallest absolute Gasteiger partial charge is 0.125 e. The highest BCUT2D eigenvalue weighted by atomic mass is 16.3. The van der Waals surface area contributed by atoms with Gasteiger partial charge in [-0.05, 0) is 43.2 Å². The maximum absolute atomic E-state index is 5.70. The van der Waals surface area contributed by atoms with Gasteiger partial charge in [-0.15, -0.1) is 0 Å². The molecule has 0 aliphatic heterocycles. The predicted octanol–water partition coefficient (Wildman–Crippen LogP) is 2.92. The molecule has 3 nitrogen and oxygen atoms in total. The summed E-state index contributed by atoms with van der Waals surface area (Å²) in [6.45, 7) is 4.41. The van der Waals surface area contributed by atoms with Gasteiger partial charge in [-0.1, -0.05) is 19.8 Å². The Balaban J connectivity index is 2.13. The molecule has 2 rings (SSSR count). The molecule has 0 amide bonds. The van der Waals surface area contributed by atoms with Crippen molar-refractivity contribution in [2.45, 2.75) is 45.6 Å². The second-order valence-corrected chi connectivity index (χ2v) is 5.14. The van der Waals surface area contributed by atoms with Gasteiger partial charge in [0.05, 0.1) is 12.3 Å². The quantitative estimate of drug-likeness (QED) is 0.610. The Labute approximate surface area is 97.4 Å². The van der Waals surface area contributed by atoms with Crippen LogP contribution >= 0.6 is 0 Å². The van der Waals surface area contributed by atoms with E-state index in [9.17, 15) is 0 Å². The summed E-state index contributed by atoms with van der Waals surface area (Å²) in [5.41, 5.74) is 4.14. The lowest BCUT2D eigenvalue weighted by molar-refractivity contribution is 0.205. The summed E-state index contributed by atoms with van der Waals surface area (Å²) < 4.78 is 5.56. The van der Waals surface area contributed by atoms with Gasteiger partial charge in [-0.3, -0.25) is 5.84 Å². The SMILES string of the molecule is Cc1ccoc1C(NN)C1CCCC(C)C1. The van der Waals surface area contributed by atoms with E-state index in [2.05, 4.69) is 19.3 Å². The second-order valence-electron chi connectivity index (χ2n) is 5.14. The summed E-state index contributed by atoms with van der Waals surface area (Å²) in [6, 6.07) is 2.18. The summed E-state index contributed by atoms with van der Waals surface area (Å²) in [5, 5.41) is 0. The summed E-state index contributed by atoms with van der Waals surface area (Å²) >= 11 is 0. The Hall–Kier alpha value is -0.800. The number of nitrogens with one attached hydrogen (secondary N) is 1. The van der Waals surface area contributed by atoms with Crippen LogP contribution in [-0.2, 0) is 0 Å². The van der Waals surface area contributed by atoms with Crippen molar-refractivity contribution in [3.8, 4) is 0 Å². The van der Waals surface area contributed by atoms with Gasteiger partial charge < -0.3 is 4.42 Å². The minimum absolute atomic E-state index is 0.178. The summed E-state index contributed by atoms with van der Waals surface area (Å²) in [6.07, 6.45) is 6.91. The molecule has 1 fully saturated rings. The van der Waals surface area contributed by atoms with Gasteiger partial charge in [0.2, 0.25) is 0 Å². The van der Waals surface area contributed by atoms with Crippen LogP contribution in [0.1, 0.15) is 50.0 Å². The first-order chi connectivity index (χ1) is 7.72. The lowest BCUT2D eigenvalue weighted by Gasteiger charge is -2.32. The molecular weight excluding hydrogens is 200 g/mol. The van der Waals surface area contributed by atoms with Gasteiger partial charge in [0.25, 0.3) is 0 Å². The van der Waals surface area contributed by atoms with E-state index in [1.807, 2.05) is 6.07 Å². The Morgan fingerprint density at radius 3 is 2.88 bits per heavy atom. The molecule has 3 unspecified atom stereocenters. The molecular formula is C13H22N2O. The molecule has 90 valence electrons. The van der Waals surface area contributed by atoms with Crippen LogP contribution in [-0.4, -0.2) is 0 Å². The Morgan fingerprint density at radius 1 is 1.50 bits per heavy atom. The molecule has 1 heterocycles. The number of rotatable bonds is 3. The normalized spacial score (nSPS) is 27.9. The van der Waals surface area contributed by atoms with Gasteiger partial charge in [0.1, 0.15) is 5.76 Å². The lowest BCUT2D eigenvalue weighted by atomic mass is 9.78.